The van der Waals surface area contributed by atoms with Crippen LogP contribution in [0.5, 0.6) is 0 Å². The highest BCUT2D eigenvalue weighted by molar-refractivity contribution is 5.64. The summed E-state index contributed by atoms with van der Waals surface area (Å²) in [5.74, 6) is -0.520. The standard InChI is InChI=1S/C26H31F2N/c1-6-8-12-22(10-7-2)20(5)29-25-13-9-11-21(16-25)15-23-17-24(28)14-18(3)26(23)19(4)27/h6,9,11,13-14,16-17,22,29H,1,4-5,7-8,10,12,15H2,2-3H3. The minimum absolute atomic E-state index is 0.366. The molecule has 0 aliphatic heterocycles. The number of anilines is 1. The lowest BCUT2D eigenvalue weighted by atomic mass is 9.94. The third kappa shape index (κ3) is 6.42. The second-order valence-corrected chi connectivity index (χ2v) is 7.54. The van der Waals surface area contributed by atoms with Crippen molar-refractivity contribution in [2.24, 2.45) is 5.92 Å². The Kier molecular flexibility index (Phi) is 8.38. The van der Waals surface area contributed by atoms with E-state index in [4.69, 9.17) is 0 Å². The van der Waals surface area contributed by atoms with E-state index in [1.54, 1.807) is 6.92 Å². The van der Waals surface area contributed by atoms with E-state index in [0.29, 0.717) is 29.0 Å². The van der Waals surface area contributed by atoms with Crippen molar-refractivity contribution in [1.29, 1.82) is 0 Å². The van der Waals surface area contributed by atoms with Crippen molar-refractivity contribution < 1.29 is 8.78 Å². The van der Waals surface area contributed by atoms with Crippen molar-refractivity contribution in [3.63, 3.8) is 0 Å². The Balaban J connectivity index is 2.21. The number of nitrogens with one attached hydrogen (secondary N) is 1. The van der Waals surface area contributed by atoms with Crippen LogP contribution in [0.15, 0.2) is 67.9 Å². The molecule has 0 aliphatic rings. The molecule has 0 aromatic heterocycles. The van der Waals surface area contributed by atoms with E-state index in [2.05, 4.69) is 32.0 Å². The van der Waals surface area contributed by atoms with Crippen LogP contribution in [0.25, 0.3) is 5.83 Å². The minimum atomic E-state index is -0.537. The van der Waals surface area contributed by atoms with E-state index in [1.807, 2.05) is 30.3 Å². The highest BCUT2D eigenvalue weighted by atomic mass is 19.1. The summed E-state index contributed by atoms with van der Waals surface area (Å²) < 4.78 is 27.9. The second kappa shape index (κ2) is 10.8. The molecule has 0 saturated heterocycles. The van der Waals surface area contributed by atoms with Crippen LogP contribution < -0.4 is 5.32 Å². The van der Waals surface area contributed by atoms with Gasteiger partial charge < -0.3 is 5.32 Å². The van der Waals surface area contributed by atoms with Crippen molar-refractivity contribution in [2.75, 3.05) is 5.32 Å². The predicted molar refractivity (Wildman–Crippen MR) is 121 cm³/mol. The molecule has 2 aromatic carbocycles. The van der Waals surface area contributed by atoms with E-state index in [9.17, 15) is 8.78 Å². The Morgan fingerprint density at radius 1 is 1.17 bits per heavy atom. The largest absolute Gasteiger partial charge is 0.359 e. The average molecular weight is 396 g/mol. The summed E-state index contributed by atoms with van der Waals surface area (Å²) in [4.78, 5) is 0. The van der Waals surface area contributed by atoms with Crippen LogP contribution in [0, 0.1) is 18.7 Å². The highest BCUT2D eigenvalue weighted by Crippen LogP contribution is 2.28. The van der Waals surface area contributed by atoms with E-state index in [-0.39, 0.29) is 5.82 Å². The molecule has 29 heavy (non-hydrogen) atoms. The number of allylic oxidation sites excluding steroid dienone is 2. The SMILES string of the molecule is C=CCCC(CCC)C(=C)Nc1cccc(Cc2cc(F)cc(C)c2C(=C)F)c1. The van der Waals surface area contributed by atoms with Gasteiger partial charge in [-0.3, -0.25) is 0 Å². The van der Waals surface area contributed by atoms with Gasteiger partial charge in [0.25, 0.3) is 0 Å². The first-order valence-electron chi connectivity index (χ1n) is 10.1. The number of aryl methyl sites for hydroxylation is 1. The third-order valence-corrected chi connectivity index (χ3v) is 5.13. The minimum Gasteiger partial charge on any atom is -0.359 e. The van der Waals surface area contributed by atoms with Crippen LogP contribution in [0.2, 0.25) is 0 Å². The van der Waals surface area contributed by atoms with Gasteiger partial charge in [-0.2, -0.15) is 0 Å². The highest BCUT2D eigenvalue weighted by Gasteiger charge is 2.14. The molecule has 0 amide bonds. The van der Waals surface area contributed by atoms with Crippen LogP contribution in [0.1, 0.15) is 54.9 Å². The molecular weight excluding hydrogens is 364 g/mol. The van der Waals surface area contributed by atoms with Gasteiger partial charge in [0.1, 0.15) is 11.6 Å². The lowest BCUT2D eigenvalue weighted by Crippen LogP contribution is -2.11. The molecule has 3 heteroatoms. The Hall–Kier alpha value is -2.68. The molecule has 1 N–H and O–H groups in total. The molecule has 1 unspecified atom stereocenters. The lowest BCUT2D eigenvalue weighted by Gasteiger charge is -2.20. The summed E-state index contributed by atoms with van der Waals surface area (Å²) in [5.41, 5.74) is 4.43. The molecule has 0 fully saturated rings. The molecule has 0 bridgehead atoms. The van der Waals surface area contributed by atoms with Gasteiger partial charge >= 0.3 is 0 Å². The Morgan fingerprint density at radius 3 is 2.59 bits per heavy atom. The smallest absolute Gasteiger partial charge is 0.123 e. The maximum atomic E-state index is 14.0. The Labute approximate surface area is 173 Å². The topological polar surface area (TPSA) is 12.0 Å². The van der Waals surface area contributed by atoms with E-state index in [0.717, 1.165) is 42.6 Å². The maximum Gasteiger partial charge on any atom is 0.123 e. The first-order chi connectivity index (χ1) is 13.8. The maximum absolute atomic E-state index is 14.0. The van der Waals surface area contributed by atoms with Gasteiger partial charge in [0, 0.05) is 16.9 Å². The molecule has 0 spiro atoms. The fourth-order valence-corrected chi connectivity index (χ4v) is 3.77. The predicted octanol–water partition coefficient (Wildman–Crippen LogP) is 7.97. The Morgan fingerprint density at radius 2 is 1.93 bits per heavy atom. The van der Waals surface area contributed by atoms with Crippen molar-refractivity contribution in [3.8, 4) is 0 Å². The molecule has 0 heterocycles. The number of benzene rings is 2. The molecule has 0 radical (unpaired) electrons. The second-order valence-electron chi connectivity index (χ2n) is 7.54. The lowest BCUT2D eigenvalue weighted by molar-refractivity contribution is 0.519. The number of hydrogen-bond donors (Lipinski definition) is 1. The summed E-state index contributed by atoms with van der Waals surface area (Å²) in [7, 11) is 0. The summed E-state index contributed by atoms with van der Waals surface area (Å²) in [6.07, 6.45) is 6.51. The summed E-state index contributed by atoms with van der Waals surface area (Å²) >= 11 is 0. The van der Waals surface area contributed by atoms with Gasteiger partial charge in [0.15, 0.2) is 0 Å². The molecule has 2 rings (SSSR count). The van der Waals surface area contributed by atoms with E-state index < -0.39 is 5.83 Å². The molecule has 0 aliphatic carbocycles. The molecule has 154 valence electrons. The van der Waals surface area contributed by atoms with Gasteiger partial charge in [-0.15, -0.1) is 6.58 Å². The van der Waals surface area contributed by atoms with E-state index in [1.165, 1.54) is 12.1 Å². The summed E-state index contributed by atoms with van der Waals surface area (Å²) in [6.45, 7) is 15.3. The monoisotopic (exact) mass is 395 g/mol. The van der Waals surface area contributed by atoms with Crippen molar-refractivity contribution >= 4 is 11.5 Å². The first-order valence-corrected chi connectivity index (χ1v) is 10.1. The zero-order valence-electron chi connectivity index (χ0n) is 17.5. The van der Waals surface area contributed by atoms with Crippen molar-refractivity contribution in [2.45, 2.75) is 46.0 Å². The third-order valence-electron chi connectivity index (χ3n) is 5.13. The first kappa shape index (κ1) is 22.6. The van der Waals surface area contributed by atoms with Crippen LogP contribution in [0.4, 0.5) is 14.5 Å². The number of halogens is 2. The molecule has 0 saturated carbocycles. The fourth-order valence-electron chi connectivity index (χ4n) is 3.77. The fraction of sp³-hybridized carbons (Fsp3) is 0.308. The van der Waals surface area contributed by atoms with Crippen LogP contribution in [-0.2, 0) is 6.42 Å². The van der Waals surface area contributed by atoms with Crippen LogP contribution >= 0.6 is 0 Å². The molecule has 1 atom stereocenters. The van der Waals surface area contributed by atoms with Gasteiger partial charge in [-0.25, -0.2) is 8.78 Å². The summed E-state index contributed by atoms with van der Waals surface area (Å²) in [5, 5.41) is 3.43. The molecular formula is C26H31F2N. The molecule has 1 nitrogen and oxygen atoms in total. The van der Waals surface area contributed by atoms with Crippen molar-refractivity contribution in [1.82, 2.24) is 0 Å². The van der Waals surface area contributed by atoms with Gasteiger partial charge in [-0.1, -0.05) is 44.7 Å². The quantitative estimate of drug-likeness (QED) is 0.380. The normalized spacial score (nSPS) is 11.7. The average Bonchev–Trinajstić information content (AvgIpc) is 2.64. The number of hydrogen-bond acceptors (Lipinski definition) is 1. The Bertz CT molecular complexity index is 882. The molecule has 2 aromatic rings. The number of rotatable bonds is 11. The zero-order valence-corrected chi connectivity index (χ0v) is 17.5. The van der Waals surface area contributed by atoms with Crippen LogP contribution in [0.3, 0.4) is 0 Å². The van der Waals surface area contributed by atoms with Crippen LogP contribution in [-0.4, -0.2) is 0 Å². The van der Waals surface area contributed by atoms with Crippen molar-refractivity contribution in [3.05, 3.63) is 96.0 Å². The summed E-state index contributed by atoms with van der Waals surface area (Å²) in [6, 6.07) is 10.6. The van der Waals surface area contributed by atoms with Gasteiger partial charge in [-0.05, 0) is 79.5 Å². The van der Waals surface area contributed by atoms with Gasteiger partial charge in [0.05, 0.1) is 0 Å². The zero-order chi connectivity index (χ0) is 21.4. The van der Waals surface area contributed by atoms with E-state index >= 15 is 0 Å². The van der Waals surface area contributed by atoms with Gasteiger partial charge in [0.2, 0.25) is 0 Å².